The van der Waals surface area contributed by atoms with Crippen molar-refractivity contribution in [1.29, 1.82) is 0 Å². The number of nitrogens with two attached hydrogens (primary N) is 2. The highest BCUT2D eigenvalue weighted by atomic mass is 32.2. The van der Waals surface area contributed by atoms with Crippen molar-refractivity contribution in [2.75, 3.05) is 40.7 Å². The van der Waals surface area contributed by atoms with Crippen LogP contribution in [-0.4, -0.2) is 55.4 Å². The van der Waals surface area contributed by atoms with Gasteiger partial charge in [-0.2, -0.15) is 0 Å². The lowest BCUT2D eigenvalue weighted by Gasteiger charge is -2.18. The van der Waals surface area contributed by atoms with Crippen LogP contribution < -0.4 is 46.0 Å². The number of ether oxygens (including phenoxy) is 4. The third kappa shape index (κ3) is 8.17. The van der Waals surface area contributed by atoms with Gasteiger partial charge in [0.1, 0.15) is 29.0 Å². The molecular formula is C24H35N5O7S. The van der Waals surface area contributed by atoms with Crippen LogP contribution in [0.25, 0.3) is 6.08 Å². The van der Waals surface area contributed by atoms with Crippen LogP contribution in [-0.2, 0) is 14.8 Å². The van der Waals surface area contributed by atoms with Crippen LogP contribution in [0.1, 0.15) is 24.8 Å². The number of carbonyl (C=O) groups excluding carboxylic acids is 1. The van der Waals surface area contributed by atoms with E-state index in [1.807, 2.05) is 0 Å². The molecule has 0 spiro atoms. The zero-order valence-electron chi connectivity index (χ0n) is 21.4. The molecule has 0 unspecified atom stereocenters. The van der Waals surface area contributed by atoms with Gasteiger partial charge in [-0.15, -0.1) is 4.83 Å². The summed E-state index contributed by atoms with van der Waals surface area (Å²) in [6.45, 7) is 0.468. The van der Waals surface area contributed by atoms with Crippen molar-refractivity contribution in [3.63, 3.8) is 0 Å². The number of hydrazine groups is 1. The number of anilines is 1. The van der Waals surface area contributed by atoms with Crippen molar-refractivity contribution in [3.05, 3.63) is 42.1 Å². The lowest BCUT2D eigenvalue weighted by molar-refractivity contribution is -0.123. The van der Waals surface area contributed by atoms with Gasteiger partial charge in [0.2, 0.25) is 0 Å². The molecule has 2 rings (SSSR count). The minimum atomic E-state index is -4.08. The topological polar surface area (TPSA) is 176 Å². The molecule has 7 N–H and O–H groups in total. The number of unbranched alkanes of at least 4 members (excludes halogenated alkanes) is 1. The molecule has 204 valence electrons. The average Bonchev–Trinajstić information content (AvgIpc) is 2.90. The van der Waals surface area contributed by atoms with Gasteiger partial charge in [-0.1, -0.05) is 0 Å². The second-order valence-corrected chi connectivity index (χ2v) is 9.46. The molecule has 13 heteroatoms. The first-order valence-electron chi connectivity index (χ1n) is 11.4. The van der Waals surface area contributed by atoms with E-state index in [0.717, 1.165) is 0 Å². The second kappa shape index (κ2) is 14.2. The highest BCUT2D eigenvalue weighted by Gasteiger charge is 2.21. The minimum Gasteiger partial charge on any atom is -0.496 e. The van der Waals surface area contributed by atoms with Gasteiger partial charge >= 0.3 is 0 Å². The van der Waals surface area contributed by atoms with Crippen LogP contribution in [0.4, 0.5) is 5.69 Å². The number of hydrogen-bond acceptors (Lipinski definition) is 10. The molecule has 1 amide bonds. The normalized spacial score (nSPS) is 12.1. The maximum Gasteiger partial charge on any atom is 0.257 e. The summed E-state index contributed by atoms with van der Waals surface area (Å²) in [7, 11) is 1.92. The van der Waals surface area contributed by atoms with Gasteiger partial charge < -0.3 is 35.7 Å². The summed E-state index contributed by atoms with van der Waals surface area (Å²) in [5.74, 6) is 1.32. The average molecular weight is 538 g/mol. The molecule has 37 heavy (non-hydrogen) atoms. The van der Waals surface area contributed by atoms with Crippen molar-refractivity contribution in [3.8, 4) is 23.0 Å². The Hall–Kier alpha value is -3.68. The molecular weight excluding hydrogens is 502 g/mol. The molecule has 0 aliphatic heterocycles. The lowest BCUT2D eigenvalue weighted by atomic mass is 10.1. The molecule has 0 fully saturated rings. The molecule has 0 saturated heterocycles. The molecule has 0 saturated carbocycles. The monoisotopic (exact) mass is 537 g/mol. The molecule has 2 aromatic rings. The highest BCUT2D eigenvalue weighted by Crippen LogP contribution is 2.34. The van der Waals surface area contributed by atoms with Gasteiger partial charge in [0.25, 0.3) is 15.9 Å². The summed E-state index contributed by atoms with van der Waals surface area (Å²) in [6, 6.07) is 6.63. The van der Waals surface area contributed by atoms with Gasteiger partial charge in [-0.3, -0.25) is 10.2 Å². The zero-order valence-corrected chi connectivity index (χ0v) is 22.2. The summed E-state index contributed by atoms with van der Waals surface area (Å²) in [5, 5.41) is 3.01. The van der Waals surface area contributed by atoms with Crippen molar-refractivity contribution in [2.45, 2.75) is 30.2 Å². The molecule has 0 heterocycles. The van der Waals surface area contributed by atoms with E-state index in [4.69, 9.17) is 30.4 Å². The third-order valence-electron chi connectivity index (χ3n) is 5.38. The van der Waals surface area contributed by atoms with E-state index in [9.17, 15) is 13.2 Å². The number of sulfonamides is 1. The Morgan fingerprint density at radius 2 is 1.62 bits per heavy atom. The van der Waals surface area contributed by atoms with E-state index in [-0.39, 0.29) is 10.6 Å². The number of hydrogen-bond donors (Lipinski definition) is 5. The Bertz CT molecular complexity index is 1160. The number of carbonyl (C=O) groups is 1. The molecule has 0 aromatic heterocycles. The number of amides is 1. The molecule has 0 bridgehead atoms. The molecule has 1 atom stereocenters. The maximum atomic E-state index is 12.9. The van der Waals surface area contributed by atoms with E-state index >= 15 is 0 Å². The second-order valence-electron chi connectivity index (χ2n) is 7.78. The number of rotatable bonds is 15. The highest BCUT2D eigenvalue weighted by molar-refractivity contribution is 7.89. The SMILES string of the molecule is COc1cc(OC)c(/C=C/N[C@@H](CCCCN)C(=O)NNS(=O)(=O)c2ccc(OC)c(N)c2)c(OC)c1. The first kappa shape index (κ1) is 29.5. The third-order valence-corrected chi connectivity index (χ3v) is 6.63. The molecule has 0 aliphatic rings. The summed E-state index contributed by atoms with van der Waals surface area (Å²) in [5.41, 5.74) is 14.4. The Balaban J connectivity index is 2.16. The van der Waals surface area contributed by atoms with Crippen LogP contribution in [0.2, 0.25) is 0 Å². The molecule has 0 aliphatic carbocycles. The van der Waals surface area contributed by atoms with Crippen LogP contribution in [0.15, 0.2) is 41.4 Å². The standard InChI is InChI=1S/C24H35N5O7S/c1-33-16-13-22(35-3)18(23(14-16)36-4)10-12-27-20(7-5-6-11-25)24(30)28-29-37(31,32)17-8-9-21(34-2)19(26)15-17/h8-10,12-15,20,27,29H,5-7,11,25-26H2,1-4H3,(H,28,30)/b12-10+/t20-/m0/s1. The van der Waals surface area contributed by atoms with Gasteiger partial charge in [0.05, 0.1) is 44.6 Å². The van der Waals surface area contributed by atoms with E-state index in [1.54, 1.807) is 24.4 Å². The van der Waals surface area contributed by atoms with Crippen LogP contribution >= 0.6 is 0 Å². The quantitative estimate of drug-likeness (QED) is 0.127. The van der Waals surface area contributed by atoms with Crippen LogP contribution in [0.5, 0.6) is 23.0 Å². The van der Waals surface area contributed by atoms with E-state index in [2.05, 4.69) is 15.6 Å². The smallest absolute Gasteiger partial charge is 0.257 e. The fraction of sp³-hybridized carbons (Fsp3) is 0.375. The maximum absolute atomic E-state index is 12.9. The number of benzene rings is 2. The van der Waals surface area contributed by atoms with E-state index in [1.165, 1.54) is 46.6 Å². The van der Waals surface area contributed by atoms with Gasteiger partial charge in [0.15, 0.2) is 0 Å². The Morgan fingerprint density at radius 3 is 2.16 bits per heavy atom. The first-order chi connectivity index (χ1) is 17.7. The predicted molar refractivity (Wildman–Crippen MR) is 141 cm³/mol. The largest absolute Gasteiger partial charge is 0.496 e. The Morgan fingerprint density at radius 1 is 0.973 bits per heavy atom. The summed E-state index contributed by atoms with van der Waals surface area (Å²) < 4.78 is 46.5. The van der Waals surface area contributed by atoms with Gasteiger partial charge in [-0.05, 0) is 56.3 Å². The fourth-order valence-electron chi connectivity index (χ4n) is 3.37. The Kier molecular flexibility index (Phi) is 11.3. The predicted octanol–water partition coefficient (Wildman–Crippen LogP) is 1.37. The van der Waals surface area contributed by atoms with Gasteiger partial charge in [0, 0.05) is 12.1 Å². The van der Waals surface area contributed by atoms with E-state index in [0.29, 0.717) is 54.4 Å². The molecule has 0 radical (unpaired) electrons. The zero-order chi connectivity index (χ0) is 27.4. The summed E-state index contributed by atoms with van der Waals surface area (Å²) in [4.78, 5) is 14.9. The van der Waals surface area contributed by atoms with Crippen LogP contribution in [0.3, 0.4) is 0 Å². The van der Waals surface area contributed by atoms with Crippen molar-refractivity contribution in [2.24, 2.45) is 5.73 Å². The van der Waals surface area contributed by atoms with Crippen molar-refractivity contribution in [1.82, 2.24) is 15.6 Å². The van der Waals surface area contributed by atoms with Crippen molar-refractivity contribution < 1.29 is 32.2 Å². The molecule has 12 nitrogen and oxygen atoms in total. The first-order valence-corrected chi connectivity index (χ1v) is 12.9. The van der Waals surface area contributed by atoms with E-state index < -0.39 is 22.0 Å². The summed E-state index contributed by atoms with van der Waals surface area (Å²) in [6.07, 6.45) is 5.00. The number of methoxy groups -OCH3 is 4. The van der Waals surface area contributed by atoms with Crippen LogP contribution in [0, 0.1) is 0 Å². The van der Waals surface area contributed by atoms with Crippen molar-refractivity contribution >= 4 is 27.7 Å². The number of nitrogen functional groups attached to an aromatic ring is 1. The van der Waals surface area contributed by atoms with Gasteiger partial charge in [-0.25, -0.2) is 8.42 Å². The number of nitrogens with one attached hydrogen (secondary N) is 3. The fourth-order valence-corrected chi connectivity index (χ4v) is 4.25. The molecule has 2 aromatic carbocycles. The summed E-state index contributed by atoms with van der Waals surface area (Å²) >= 11 is 0. The lowest BCUT2D eigenvalue weighted by Crippen LogP contribution is -2.49. The Labute approximate surface area is 217 Å². The minimum absolute atomic E-state index is 0.127.